The topological polar surface area (TPSA) is 46.2 Å². The Morgan fingerprint density at radius 1 is 1.50 bits per heavy atom. The van der Waals surface area contributed by atoms with Crippen LogP contribution in [0.15, 0.2) is 24.3 Å². The second kappa shape index (κ2) is 3.92. The molecule has 0 bridgehead atoms. The first-order valence-electron chi connectivity index (χ1n) is 4.35. The first-order chi connectivity index (χ1) is 6.42. The highest BCUT2D eigenvalue weighted by Gasteiger charge is 2.32. The Hall–Kier alpha value is -1.16. The molecule has 0 aliphatic carbocycles. The third-order valence-electron chi connectivity index (χ3n) is 1.85. The maximum atomic E-state index is 13.4. The van der Waals surface area contributed by atoms with Gasteiger partial charge >= 0.3 is 0 Å². The number of benzene rings is 1. The smallest absolute Gasteiger partial charge is 0.274 e. The number of hydrogen-bond acceptors (Lipinski definition) is 2. The van der Waals surface area contributed by atoms with Gasteiger partial charge in [0.2, 0.25) is 0 Å². The van der Waals surface area contributed by atoms with Gasteiger partial charge < -0.3 is 10.8 Å². The summed E-state index contributed by atoms with van der Waals surface area (Å²) in [5.41, 5.74) is 5.11. The van der Waals surface area contributed by atoms with Gasteiger partial charge in [0.15, 0.2) is 0 Å². The highest BCUT2D eigenvalue weighted by atomic mass is 19.3. The van der Waals surface area contributed by atoms with E-state index in [9.17, 15) is 8.78 Å². The minimum absolute atomic E-state index is 0.160. The molecule has 1 aromatic rings. The molecule has 0 fully saturated rings. The van der Waals surface area contributed by atoms with Crippen LogP contribution < -0.4 is 5.73 Å². The van der Waals surface area contributed by atoms with Crippen LogP contribution in [0.4, 0.5) is 8.78 Å². The molecule has 0 saturated heterocycles. The number of aromatic hydroxyl groups is 1. The van der Waals surface area contributed by atoms with Gasteiger partial charge in [0.25, 0.3) is 5.92 Å². The normalized spacial score (nSPS) is 14.0. The third-order valence-corrected chi connectivity index (χ3v) is 1.85. The lowest BCUT2D eigenvalue weighted by Gasteiger charge is -2.18. The predicted molar refractivity (Wildman–Crippen MR) is 50.3 cm³/mol. The third kappa shape index (κ3) is 2.67. The highest BCUT2D eigenvalue weighted by Crippen LogP contribution is 2.33. The fourth-order valence-corrected chi connectivity index (χ4v) is 1.26. The summed E-state index contributed by atoms with van der Waals surface area (Å²) in [5, 5.41) is 9.05. The quantitative estimate of drug-likeness (QED) is 0.787. The second-order valence-electron chi connectivity index (χ2n) is 3.44. The fraction of sp³-hybridized carbons (Fsp3) is 0.400. The lowest BCUT2D eigenvalue weighted by Crippen LogP contribution is -2.26. The van der Waals surface area contributed by atoms with Gasteiger partial charge in [-0.2, -0.15) is 0 Å². The largest absolute Gasteiger partial charge is 0.508 e. The number of nitrogens with two attached hydrogens (primary N) is 1. The Bertz CT molecular complexity index is 313. The average molecular weight is 201 g/mol. The molecule has 78 valence electrons. The van der Waals surface area contributed by atoms with Gasteiger partial charge in [-0.25, -0.2) is 8.78 Å². The van der Waals surface area contributed by atoms with Crippen molar-refractivity contribution in [2.75, 3.05) is 0 Å². The molecule has 3 N–H and O–H groups in total. The Morgan fingerprint density at radius 3 is 2.64 bits per heavy atom. The molecule has 1 aromatic carbocycles. The Balaban J connectivity index is 2.91. The van der Waals surface area contributed by atoms with Crippen molar-refractivity contribution in [3.8, 4) is 5.75 Å². The molecule has 1 rings (SSSR count). The van der Waals surface area contributed by atoms with Crippen molar-refractivity contribution < 1.29 is 13.9 Å². The number of halogens is 2. The molecule has 0 amide bonds. The average Bonchev–Trinajstić information content (AvgIpc) is 2.01. The lowest BCUT2D eigenvalue weighted by molar-refractivity contribution is -0.0183. The number of phenolic OH excluding ortho intramolecular Hbond substituents is 1. The SMILES string of the molecule is CC(N)CC(F)(F)c1cccc(O)c1. The Morgan fingerprint density at radius 2 is 2.14 bits per heavy atom. The summed E-state index contributed by atoms with van der Waals surface area (Å²) in [6.07, 6.45) is -0.420. The number of rotatable bonds is 3. The summed E-state index contributed by atoms with van der Waals surface area (Å²) in [5.74, 6) is -3.14. The van der Waals surface area contributed by atoms with Gasteiger partial charge in [-0.3, -0.25) is 0 Å². The van der Waals surface area contributed by atoms with Crippen molar-refractivity contribution in [2.24, 2.45) is 5.73 Å². The summed E-state index contributed by atoms with van der Waals surface area (Å²) in [6, 6.07) is 4.50. The standard InChI is InChI=1S/C10H13F2NO/c1-7(13)6-10(11,12)8-3-2-4-9(14)5-8/h2-5,7,14H,6,13H2,1H3. The van der Waals surface area contributed by atoms with E-state index in [1.807, 2.05) is 0 Å². The minimum atomic E-state index is -2.98. The summed E-state index contributed by atoms with van der Waals surface area (Å²) < 4.78 is 26.8. The van der Waals surface area contributed by atoms with Crippen LogP contribution in [-0.2, 0) is 5.92 Å². The first-order valence-corrected chi connectivity index (χ1v) is 4.35. The monoisotopic (exact) mass is 201 g/mol. The van der Waals surface area contributed by atoms with Gasteiger partial charge in [-0.05, 0) is 19.1 Å². The molecule has 4 heteroatoms. The van der Waals surface area contributed by atoms with E-state index in [-0.39, 0.29) is 11.3 Å². The van der Waals surface area contributed by atoms with E-state index < -0.39 is 18.4 Å². The van der Waals surface area contributed by atoms with Crippen molar-refractivity contribution >= 4 is 0 Å². The second-order valence-corrected chi connectivity index (χ2v) is 3.44. The van der Waals surface area contributed by atoms with E-state index in [2.05, 4.69) is 0 Å². The van der Waals surface area contributed by atoms with Gasteiger partial charge in [0.1, 0.15) is 5.75 Å². The van der Waals surface area contributed by atoms with E-state index in [0.717, 1.165) is 6.07 Å². The lowest BCUT2D eigenvalue weighted by atomic mass is 10.0. The molecule has 1 unspecified atom stereocenters. The Kier molecular flexibility index (Phi) is 3.06. The summed E-state index contributed by atoms with van der Waals surface area (Å²) in [4.78, 5) is 0. The van der Waals surface area contributed by atoms with Crippen molar-refractivity contribution in [1.82, 2.24) is 0 Å². The maximum absolute atomic E-state index is 13.4. The van der Waals surface area contributed by atoms with Crippen LogP contribution in [-0.4, -0.2) is 11.1 Å². The fourth-order valence-electron chi connectivity index (χ4n) is 1.26. The minimum Gasteiger partial charge on any atom is -0.508 e. The number of hydrogen-bond donors (Lipinski definition) is 2. The van der Waals surface area contributed by atoms with Crippen LogP contribution >= 0.6 is 0 Å². The number of alkyl halides is 2. The van der Waals surface area contributed by atoms with Crippen LogP contribution in [0.3, 0.4) is 0 Å². The zero-order valence-electron chi connectivity index (χ0n) is 7.87. The molecule has 0 aliphatic heterocycles. The van der Waals surface area contributed by atoms with Gasteiger partial charge in [0, 0.05) is 18.0 Å². The van der Waals surface area contributed by atoms with E-state index in [1.54, 1.807) is 0 Å². The molecule has 2 nitrogen and oxygen atoms in total. The molecule has 0 spiro atoms. The van der Waals surface area contributed by atoms with Gasteiger partial charge in [-0.15, -0.1) is 0 Å². The molecule has 1 atom stereocenters. The highest BCUT2D eigenvalue weighted by molar-refractivity contribution is 5.30. The van der Waals surface area contributed by atoms with Crippen LogP contribution in [0.5, 0.6) is 5.75 Å². The van der Waals surface area contributed by atoms with Crippen LogP contribution in [0, 0.1) is 0 Å². The van der Waals surface area contributed by atoms with Crippen molar-refractivity contribution in [2.45, 2.75) is 25.3 Å². The van der Waals surface area contributed by atoms with Crippen LogP contribution in [0.1, 0.15) is 18.9 Å². The zero-order chi connectivity index (χ0) is 10.8. The molecule has 14 heavy (non-hydrogen) atoms. The van der Waals surface area contributed by atoms with Crippen LogP contribution in [0.25, 0.3) is 0 Å². The van der Waals surface area contributed by atoms with Crippen molar-refractivity contribution in [3.05, 3.63) is 29.8 Å². The maximum Gasteiger partial charge on any atom is 0.274 e. The first kappa shape index (κ1) is 10.9. The van der Waals surface area contributed by atoms with Crippen molar-refractivity contribution in [3.63, 3.8) is 0 Å². The van der Waals surface area contributed by atoms with E-state index in [1.165, 1.54) is 25.1 Å². The summed E-state index contributed by atoms with van der Waals surface area (Å²) in [7, 11) is 0. The molecule has 0 heterocycles. The predicted octanol–water partition coefficient (Wildman–Crippen LogP) is 2.22. The summed E-state index contributed by atoms with van der Waals surface area (Å²) >= 11 is 0. The number of phenols is 1. The molecule has 0 radical (unpaired) electrons. The summed E-state index contributed by atoms with van der Waals surface area (Å²) in [6.45, 7) is 1.52. The van der Waals surface area contributed by atoms with Crippen molar-refractivity contribution in [1.29, 1.82) is 0 Å². The molecular weight excluding hydrogens is 188 g/mol. The van der Waals surface area contributed by atoms with Gasteiger partial charge in [-0.1, -0.05) is 12.1 Å². The molecule has 0 aliphatic rings. The molecule has 0 saturated carbocycles. The molecular formula is C10H13F2NO. The van der Waals surface area contributed by atoms with Gasteiger partial charge in [0.05, 0.1) is 0 Å². The van der Waals surface area contributed by atoms with E-state index in [0.29, 0.717) is 0 Å². The van der Waals surface area contributed by atoms with Crippen LogP contribution in [0.2, 0.25) is 0 Å². The molecule has 0 aromatic heterocycles. The zero-order valence-corrected chi connectivity index (χ0v) is 7.87. The van der Waals surface area contributed by atoms with E-state index in [4.69, 9.17) is 10.8 Å². The van der Waals surface area contributed by atoms with E-state index >= 15 is 0 Å². The Labute approximate surface area is 81.4 Å².